The van der Waals surface area contributed by atoms with Crippen molar-refractivity contribution in [1.82, 2.24) is 0 Å². The highest BCUT2D eigenvalue weighted by Crippen LogP contribution is 2.27. The number of rotatable bonds is 7. The smallest absolute Gasteiger partial charge is 0.316 e. The first-order valence-electron chi connectivity index (χ1n) is 7.13. The minimum atomic E-state index is -0.655. The van der Waals surface area contributed by atoms with Gasteiger partial charge in [-0.2, -0.15) is 0 Å². The summed E-state index contributed by atoms with van der Waals surface area (Å²) in [6.07, 6.45) is 0. The quantitative estimate of drug-likeness (QED) is 0.287. The van der Waals surface area contributed by atoms with Crippen molar-refractivity contribution in [1.29, 1.82) is 0 Å². The summed E-state index contributed by atoms with van der Waals surface area (Å²) >= 11 is 10.3. The van der Waals surface area contributed by atoms with E-state index in [-0.39, 0.29) is 22.2 Å². The third-order valence-electron chi connectivity index (χ3n) is 2.96. The molecule has 26 heavy (non-hydrogen) atoms. The molecule has 0 radical (unpaired) electrons. The van der Waals surface area contributed by atoms with Crippen molar-refractivity contribution in [2.45, 2.75) is 4.90 Å². The maximum absolute atomic E-state index is 11.8. The highest BCUT2D eigenvalue weighted by atomic mass is 79.9. The fraction of sp³-hybridized carbons (Fsp3) is 0.125. The Hall–Kier alpha value is -2.10. The van der Waals surface area contributed by atoms with Gasteiger partial charge < -0.3 is 10.1 Å². The van der Waals surface area contributed by atoms with Crippen LogP contribution in [0.15, 0.2) is 51.8 Å². The molecule has 0 atom stereocenters. The molecular formula is C16H12BrClN2O5S. The maximum Gasteiger partial charge on any atom is 0.316 e. The molecular weight excluding hydrogens is 448 g/mol. The summed E-state index contributed by atoms with van der Waals surface area (Å²) in [4.78, 5) is 34.5. The Kier molecular flexibility index (Phi) is 7.43. The van der Waals surface area contributed by atoms with Gasteiger partial charge in [-0.05, 0) is 36.4 Å². The Morgan fingerprint density at radius 2 is 1.92 bits per heavy atom. The van der Waals surface area contributed by atoms with Crippen molar-refractivity contribution in [2.24, 2.45) is 0 Å². The summed E-state index contributed by atoms with van der Waals surface area (Å²) in [6, 6.07) is 11.3. The Bertz CT molecular complexity index is 832. The standard InChI is InChI=1S/C16H12BrClN2O5S/c17-10-1-4-12(5-2-10)26-9-16(22)25-8-15(21)19-11-3-6-13(18)14(7-11)20(23)24/h1-7H,8-9H2,(H,19,21). The van der Waals surface area contributed by atoms with Crippen LogP contribution >= 0.6 is 39.3 Å². The van der Waals surface area contributed by atoms with Gasteiger partial charge in [0.05, 0.1) is 10.7 Å². The summed E-state index contributed by atoms with van der Waals surface area (Å²) in [5.41, 5.74) is -0.140. The van der Waals surface area contributed by atoms with Crippen LogP contribution in [-0.2, 0) is 14.3 Å². The van der Waals surface area contributed by atoms with Gasteiger partial charge in [0.2, 0.25) is 0 Å². The van der Waals surface area contributed by atoms with E-state index in [0.717, 1.165) is 15.4 Å². The molecule has 2 rings (SSSR count). The number of nitrogens with zero attached hydrogens (tertiary/aromatic N) is 1. The van der Waals surface area contributed by atoms with Crippen LogP contribution in [0.3, 0.4) is 0 Å². The van der Waals surface area contributed by atoms with Gasteiger partial charge in [-0.15, -0.1) is 11.8 Å². The lowest BCUT2D eigenvalue weighted by Gasteiger charge is -2.07. The number of nitro benzene ring substituents is 1. The second kappa shape index (κ2) is 9.56. The number of carbonyl (C=O) groups excluding carboxylic acids is 2. The SMILES string of the molecule is O=C(COC(=O)CSc1ccc(Br)cc1)Nc1ccc(Cl)c([N+](=O)[O-])c1. The number of nitro groups is 1. The Morgan fingerprint density at radius 3 is 2.58 bits per heavy atom. The van der Waals surface area contributed by atoms with Crippen LogP contribution < -0.4 is 5.32 Å². The van der Waals surface area contributed by atoms with Crippen LogP contribution in [0.2, 0.25) is 5.02 Å². The van der Waals surface area contributed by atoms with Crippen LogP contribution in [0.1, 0.15) is 0 Å². The van der Waals surface area contributed by atoms with E-state index >= 15 is 0 Å². The summed E-state index contributed by atoms with van der Waals surface area (Å²) in [5.74, 6) is -1.10. The topological polar surface area (TPSA) is 98.5 Å². The molecule has 1 N–H and O–H groups in total. The number of carbonyl (C=O) groups is 2. The van der Waals surface area contributed by atoms with E-state index in [1.165, 1.54) is 23.9 Å². The number of amides is 1. The maximum atomic E-state index is 11.8. The summed E-state index contributed by atoms with van der Waals surface area (Å²) in [5, 5.41) is 13.2. The molecule has 0 fully saturated rings. The summed E-state index contributed by atoms with van der Waals surface area (Å²) in [6.45, 7) is -0.490. The number of anilines is 1. The molecule has 0 saturated carbocycles. The Balaban J connectivity index is 1.79. The molecule has 136 valence electrons. The number of nitrogens with one attached hydrogen (secondary N) is 1. The van der Waals surface area contributed by atoms with Gasteiger partial charge in [-0.3, -0.25) is 19.7 Å². The van der Waals surface area contributed by atoms with Crippen molar-refractivity contribution in [2.75, 3.05) is 17.7 Å². The number of ether oxygens (including phenoxy) is 1. The van der Waals surface area contributed by atoms with E-state index in [1.807, 2.05) is 24.3 Å². The van der Waals surface area contributed by atoms with E-state index in [2.05, 4.69) is 21.2 Å². The van der Waals surface area contributed by atoms with Crippen molar-refractivity contribution in [3.63, 3.8) is 0 Å². The van der Waals surface area contributed by atoms with Crippen molar-refractivity contribution >= 4 is 62.5 Å². The average Bonchev–Trinajstić information content (AvgIpc) is 2.61. The number of halogens is 2. The van der Waals surface area contributed by atoms with Gasteiger partial charge in [-0.1, -0.05) is 27.5 Å². The lowest BCUT2D eigenvalue weighted by Crippen LogP contribution is -2.21. The first-order valence-corrected chi connectivity index (χ1v) is 9.28. The third-order valence-corrected chi connectivity index (χ3v) is 4.79. The fourth-order valence-corrected chi connectivity index (χ4v) is 2.94. The molecule has 0 aliphatic rings. The summed E-state index contributed by atoms with van der Waals surface area (Å²) < 4.78 is 5.82. The largest absolute Gasteiger partial charge is 0.455 e. The van der Waals surface area contributed by atoms with Crippen molar-refractivity contribution < 1.29 is 19.2 Å². The molecule has 10 heteroatoms. The highest BCUT2D eigenvalue weighted by Gasteiger charge is 2.14. The van der Waals surface area contributed by atoms with Crippen LogP contribution in [0, 0.1) is 10.1 Å². The zero-order chi connectivity index (χ0) is 19.1. The van der Waals surface area contributed by atoms with Gasteiger partial charge in [-0.25, -0.2) is 0 Å². The minimum absolute atomic E-state index is 0.0376. The molecule has 0 unspecified atom stereocenters. The fourth-order valence-electron chi connectivity index (χ4n) is 1.79. The molecule has 0 heterocycles. The number of esters is 1. The molecule has 2 aromatic carbocycles. The van der Waals surface area contributed by atoms with Gasteiger partial charge in [0, 0.05) is 21.1 Å². The number of thioether (sulfide) groups is 1. The van der Waals surface area contributed by atoms with Crippen molar-refractivity contribution in [3.8, 4) is 0 Å². The number of hydrogen-bond donors (Lipinski definition) is 1. The molecule has 1 amide bonds. The second-order valence-electron chi connectivity index (χ2n) is 4.87. The minimum Gasteiger partial charge on any atom is -0.455 e. The monoisotopic (exact) mass is 458 g/mol. The lowest BCUT2D eigenvalue weighted by molar-refractivity contribution is -0.384. The average molecular weight is 460 g/mol. The zero-order valence-electron chi connectivity index (χ0n) is 13.1. The second-order valence-corrected chi connectivity index (χ2v) is 7.25. The Morgan fingerprint density at radius 1 is 1.23 bits per heavy atom. The van der Waals surface area contributed by atoms with Crippen LogP contribution in [0.5, 0.6) is 0 Å². The van der Waals surface area contributed by atoms with Crippen molar-refractivity contribution in [3.05, 3.63) is 62.1 Å². The molecule has 7 nitrogen and oxygen atoms in total. The van der Waals surface area contributed by atoms with E-state index in [1.54, 1.807) is 0 Å². The lowest BCUT2D eigenvalue weighted by atomic mass is 10.3. The Labute approximate surface area is 166 Å². The van der Waals surface area contributed by atoms with Crippen LogP contribution in [-0.4, -0.2) is 29.2 Å². The normalized spacial score (nSPS) is 10.2. The van der Waals surface area contributed by atoms with E-state index < -0.39 is 23.4 Å². The highest BCUT2D eigenvalue weighted by molar-refractivity contribution is 9.10. The predicted octanol–water partition coefficient (Wildman–Crippen LogP) is 4.28. The third kappa shape index (κ3) is 6.32. The molecule has 0 aromatic heterocycles. The predicted molar refractivity (Wildman–Crippen MR) is 103 cm³/mol. The van der Waals surface area contributed by atoms with Gasteiger partial charge in [0.1, 0.15) is 5.02 Å². The zero-order valence-corrected chi connectivity index (χ0v) is 16.3. The van der Waals surface area contributed by atoms with E-state index in [0.29, 0.717) is 0 Å². The van der Waals surface area contributed by atoms with Gasteiger partial charge >= 0.3 is 5.97 Å². The van der Waals surface area contributed by atoms with E-state index in [9.17, 15) is 19.7 Å². The van der Waals surface area contributed by atoms with Crippen LogP contribution in [0.25, 0.3) is 0 Å². The molecule has 0 saturated heterocycles. The van der Waals surface area contributed by atoms with Crippen LogP contribution in [0.4, 0.5) is 11.4 Å². The number of hydrogen-bond acceptors (Lipinski definition) is 6. The first kappa shape index (κ1) is 20.2. The number of benzene rings is 2. The van der Waals surface area contributed by atoms with E-state index in [4.69, 9.17) is 16.3 Å². The molecule has 0 bridgehead atoms. The molecule has 0 aliphatic carbocycles. The van der Waals surface area contributed by atoms with Gasteiger partial charge in [0.25, 0.3) is 11.6 Å². The first-order chi connectivity index (χ1) is 12.3. The molecule has 0 aliphatic heterocycles. The van der Waals surface area contributed by atoms with Gasteiger partial charge in [0.15, 0.2) is 6.61 Å². The molecule has 2 aromatic rings. The molecule has 0 spiro atoms. The summed E-state index contributed by atoms with van der Waals surface area (Å²) in [7, 11) is 0.